The van der Waals surface area contributed by atoms with Crippen molar-refractivity contribution in [2.24, 2.45) is 5.73 Å². The van der Waals surface area contributed by atoms with E-state index in [1.54, 1.807) is 4.52 Å². The molecule has 3 N–H and O–H groups in total. The molecule has 1 aliphatic rings. The Hall–Kier alpha value is -4.65. The van der Waals surface area contributed by atoms with Crippen LogP contribution in [0.1, 0.15) is 41.8 Å². The third kappa shape index (κ3) is 4.01. The zero-order chi connectivity index (χ0) is 27.2. The smallest absolute Gasteiger partial charge is 0.253 e. The fourth-order valence-electron chi connectivity index (χ4n) is 5.61. The van der Waals surface area contributed by atoms with Crippen LogP contribution >= 0.6 is 0 Å². The zero-order valence-electron chi connectivity index (χ0n) is 22.0. The molecule has 1 saturated carbocycles. The largest absolute Gasteiger partial charge is 0.373 e. The predicted molar refractivity (Wildman–Crippen MR) is 156 cm³/mol. The summed E-state index contributed by atoms with van der Waals surface area (Å²) in [6.07, 6.45) is 5.15. The number of nitrogens with two attached hydrogens (primary N) is 1. The summed E-state index contributed by atoms with van der Waals surface area (Å²) in [5, 5.41) is 17.1. The van der Waals surface area contributed by atoms with Gasteiger partial charge >= 0.3 is 0 Å². The molecular formula is C34H29N5O. The molecule has 40 heavy (non-hydrogen) atoms. The Morgan fingerprint density at radius 1 is 0.700 bits per heavy atom. The molecule has 0 atom stereocenters. The van der Waals surface area contributed by atoms with Crippen molar-refractivity contribution in [2.75, 3.05) is 0 Å². The summed E-state index contributed by atoms with van der Waals surface area (Å²) < 4.78 is 1.66. The molecule has 0 aliphatic heterocycles. The van der Waals surface area contributed by atoms with Crippen LogP contribution in [-0.4, -0.2) is 24.7 Å². The lowest BCUT2D eigenvalue weighted by molar-refractivity contribution is 0.116. The normalized spacial score (nSPS) is 14.7. The summed E-state index contributed by atoms with van der Waals surface area (Å²) in [6, 6.07) is 37.6. The first-order chi connectivity index (χ1) is 19.5. The van der Waals surface area contributed by atoms with Crippen LogP contribution in [0.25, 0.3) is 28.2 Å². The molecule has 0 saturated heterocycles. The Kier molecular flexibility index (Phi) is 5.81. The van der Waals surface area contributed by atoms with Crippen molar-refractivity contribution < 1.29 is 5.11 Å². The number of fused-ring (bicyclic) bond motifs is 1. The van der Waals surface area contributed by atoms with Crippen LogP contribution in [0.3, 0.4) is 0 Å². The molecule has 2 aromatic heterocycles. The summed E-state index contributed by atoms with van der Waals surface area (Å²) >= 11 is 0. The number of hydrogen-bond acceptors (Lipinski definition) is 5. The molecule has 6 aromatic rings. The van der Waals surface area contributed by atoms with E-state index in [1.807, 2.05) is 85.1 Å². The molecule has 0 radical (unpaired) electrons. The summed E-state index contributed by atoms with van der Waals surface area (Å²) in [6.45, 7) is 0. The average molecular weight is 524 g/mol. The van der Waals surface area contributed by atoms with Gasteiger partial charge in [-0.25, -0.2) is 9.50 Å². The Bertz CT molecular complexity index is 1740. The molecule has 0 unspecified atom stereocenters. The molecule has 6 heteroatoms. The van der Waals surface area contributed by atoms with Crippen LogP contribution in [0, 0.1) is 0 Å². The number of benzene rings is 4. The van der Waals surface area contributed by atoms with Crippen LogP contribution in [-0.2, 0) is 11.1 Å². The molecule has 1 aliphatic carbocycles. The maximum absolute atomic E-state index is 12.3. The van der Waals surface area contributed by atoms with Gasteiger partial charge in [0, 0.05) is 22.9 Å². The topological polar surface area (TPSA) is 89.3 Å². The van der Waals surface area contributed by atoms with Crippen LogP contribution in [0.2, 0.25) is 0 Å². The van der Waals surface area contributed by atoms with E-state index in [2.05, 4.69) is 36.4 Å². The van der Waals surface area contributed by atoms with Crippen LogP contribution in [0.15, 0.2) is 121 Å². The van der Waals surface area contributed by atoms with E-state index in [0.717, 1.165) is 40.8 Å². The van der Waals surface area contributed by atoms with Gasteiger partial charge in [0.1, 0.15) is 0 Å². The first kappa shape index (κ1) is 24.4. The third-order valence-corrected chi connectivity index (χ3v) is 8.10. The summed E-state index contributed by atoms with van der Waals surface area (Å²) in [5.41, 5.74) is 11.0. The van der Waals surface area contributed by atoms with E-state index in [9.17, 15) is 5.11 Å². The van der Waals surface area contributed by atoms with Crippen molar-refractivity contribution in [3.8, 4) is 22.4 Å². The number of aromatic nitrogens is 4. The molecule has 6 nitrogen and oxygen atoms in total. The quantitative estimate of drug-likeness (QED) is 0.276. The number of rotatable bonds is 6. The van der Waals surface area contributed by atoms with Gasteiger partial charge in [-0.05, 0) is 41.5 Å². The second-order valence-corrected chi connectivity index (χ2v) is 10.6. The lowest BCUT2D eigenvalue weighted by Gasteiger charge is -2.38. The third-order valence-electron chi connectivity index (χ3n) is 8.10. The highest BCUT2D eigenvalue weighted by atomic mass is 16.3. The van der Waals surface area contributed by atoms with Crippen molar-refractivity contribution in [3.05, 3.63) is 144 Å². The Morgan fingerprint density at radius 2 is 1.27 bits per heavy atom. The van der Waals surface area contributed by atoms with Crippen LogP contribution in [0.4, 0.5) is 0 Å². The van der Waals surface area contributed by atoms with E-state index in [-0.39, 0.29) is 11.4 Å². The fourth-order valence-corrected chi connectivity index (χ4v) is 5.61. The molecule has 0 bridgehead atoms. The highest BCUT2D eigenvalue weighted by molar-refractivity contribution is 5.81. The molecule has 7 rings (SSSR count). The van der Waals surface area contributed by atoms with Gasteiger partial charge in [0.25, 0.3) is 5.78 Å². The second kappa shape index (κ2) is 9.52. The highest BCUT2D eigenvalue weighted by Crippen LogP contribution is 2.40. The minimum absolute atomic E-state index is 0.223. The second-order valence-electron chi connectivity index (χ2n) is 10.6. The average Bonchev–Trinajstić information content (AvgIpc) is 3.44. The maximum atomic E-state index is 12.3. The first-order valence-corrected chi connectivity index (χ1v) is 13.6. The van der Waals surface area contributed by atoms with Gasteiger partial charge in [0.15, 0.2) is 11.4 Å². The van der Waals surface area contributed by atoms with Crippen LogP contribution < -0.4 is 5.73 Å². The summed E-state index contributed by atoms with van der Waals surface area (Å²) in [7, 11) is 0. The molecule has 0 amide bonds. The summed E-state index contributed by atoms with van der Waals surface area (Å²) in [5.74, 6) is 0.673. The number of nitrogens with zero attached hydrogens (tertiary/aromatic N) is 4. The predicted octanol–water partition coefficient (Wildman–Crippen LogP) is 6.08. The standard InChI is InChI=1S/C34H29N5O/c35-33(21-10-22-33)26-19-17-25(18-20-26)30-29(24-11-4-1-5-12-24)23-39-32(36-30)37-31(38-39)34(40,27-13-6-2-7-14-27)28-15-8-3-9-16-28/h1-9,11-20,23,40H,10,21-22,35H2. The minimum Gasteiger partial charge on any atom is -0.373 e. The molecule has 1 fully saturated rings. The van der Waals surface area contributed by atoms with Gasteiger partial charge in [-0.2, -0.15) is 4.98 Å². The zero-order valence-corrected chi connectivity index (χ0v) is 22.0. The molecule has 196 valence electrons. The maximum Gasteiger partial charge on any atom is 0.253 e. The SMILES string of the molecule is NC1(c2ccc(-c3nc4nc(C(O)(c5ccccc5)c5ccccc5)nn4cc3-c3ccccc3)cc2)CCC1. The van der Waals surface area contributed by atoms with Crippen molar-refractivity contribution in [1.29, 1.82) is 0 Å². The Balaban J connectivity index is 1.41. The van der Waals surface area contributed by atoms with E-state index in [0.29, 0.717) is 16.9 Å². The Labute approximate surface area is 232 Å². The highest BCUT2D eigenvalue weighted by Gasteiger charge is 2.38. The lowest BCUT2D eigenvalue weighted by Crippen LogP contribution is -2.43. The van der Waals surface area contributed by atoms with Crippen molar-refractivity contribution in [3.63, 3.8) is 0 Å². The Morgan fingerprint density at radius 3 is 1.82 bits per heavy atom. The van der Waals surface area contributed by atoms with E-state index in [4.69, 9.17) is 20.8 Å². The molecule has 4 aromatic carbocycles. The van der Waals surface area contributed by atoms with Gasteiger partial charge in [-0.15, -0.1) is 5.10 Å². The lowest BCUT2D eigenvalue weighted by atomic mass is 9.72. The van der Waals surface area contributed by atoms with Gasteiger partial charge < -0.3 is 10.8 Å². The van der Waals surface area contributed by atoms with E-state index < -0.39 is 5.60 Å². The van der Waals surface area contributed by atoms with Crippen molar-refractivity contribution in [1.82, 2.24) is 19.6 Å². The van der Waals surface area contributed by atoms with E-state index in [1.165, 1.54) is 6.42 Å². The molecule has 2 heterocycles. The van der Waals surface area contributed by atoms with Crippen molar-refractivity contribution >= 4 is 5.78 Å². The van der Waals surface area contributed by atoms with Gasteiger partial charge in [0.05, 0.1) is 5.69 Å². The van der Waals surface area contributed by atoms with Gasteiger partial charge in [0.2, 0.25) is 0 Å². The van der Waals surface area contributed by atoms with E-state index >= 15 is 0 Å². The van der Waals surface area contributed by atoms with Crippen molar-refractivity contribution in [2.45, 2.75) is 30.4 Å². The minimum atomic E-state index is -1.55. The summed E-state index contributed by atoms with van der Waals surface area (Å²) in [4.78, 5) is 9.82. The molecular weight excluding hydrogens is 494 g/mol. The molecule has 0 spiro atoms. The number of hydrogen-bond donors (Lipinski definition) is 2. The fraction of sp³-hybridized carbons (Fsp3) is 0.147. The number of aliphatic hydroxyl groups is 1. The van der Waals surface area contributed by atoms with Gasteiger partial charge in [-0.1, -0.05) is 115 Å². The first-order valence-electron chi connectivity index (χ1n) is 13.6. The monoisotopic (exact) mass is 523 g/mol. The van der Waals surface area contributed by atoms with Crippen LogP contribution in [0.5, 0.6) is 0 Å². The van der Waals surface area contributed by atoms with Gasteiger partial charge in [-0.3, -0.25) is 0 Å².